The predicted octanol–water partition coefficient (Wildman–Crippen LogP) is 6.17. The number of hydrogen-bond acceptors (Lipinski definition) is 3. The summed E-state index contributed by atoms with van der Waals surface area (Å²) in [6.45, 7) is 7.93. The Morgan fingerprint density at radius 1 is 1.05 bits per heavy atom. The van der Waals surface area contributed by atoms with Gasteiger partial charge in [0.1, 0.15) is 11.6 Å². The lowest BCUT2D eigenvalue weighted by Gasteiger charge is -2.11. The number of hydrogen-bond donors (Lipinski definition) is 1. The molecule has 0 heterocycles. The second-order valence-corrected chi connectivity index (χ2v) is 5.26. The maximum atomic E-state index is 13.5. The Hall–Kier alpha value is -1.75. The van der Waals surface area contributed by atoms with E-state index < -0.39 is 11.6 Å². The molecule has 0 aromatic heterocycles. The molecule has 22 heavy (non-hydrogen) atoms. The highest BCUT2D eigenvalue weighted by molar-refractivity contribution is 8.00. The van der Waals surface area contributed by atoms with Crippen molar-refractivity contribution in [3.63, 3.8) is 0 Å². The van der Waals surface area contributed by atoms with Crippen molar-refractivity contribution in [2.24, 2.45) is 0 Å². The molecule has 0 unspecified atom stereocenters. The summed E-state index contributed by atoms with van der Waals surface area (Å²) in [6.07, 6.45) is 0. The zero-order chi connectivity index (χ0) is 16.5. The molecule has 0 saturated carbocycles. The fraction of sp³-hybridized carbons (Fsp3) is 0.294. The molecule has 0 aliphatic carbocycles. The summed E-state index contributed by atoms with van der Waals surface area (Å²) in [5.74, 6) is 0.175. The molecular weight excluding hydrogens is 304 g/mol. The molecule has 0 fully saturated rings. The van der Waals surface area contributed by atoms with Gasteiger partial charge in [-0.2, -0.15) is 0 Å². The first-order chi connectivity index (χ1) is 10.6. The molecule has 0 spiro atoms. The van der Waals surface area contributed by atoms with Crippen LogP contribution in [0.2, 0.25) is 0 Å². The van der Waals surface area contributed by atoms with E-state index in [0.717, 1.165) is 23.1 Å². The number of aryl methyl sites for hydroxylation is 1. The summed E-state index contributed by atoms with van der Waals surface area (Å²) in [5.41, 5.74) is 1.83. The van der Waals surface area contributed by atoms with E-state index >= 15 is 0 Å². The third-order valence-electron chi connectivity index (χ3n) is 2.62. The van der Waals surface area contributed by atoms with Gasteiger partial charge in [0.15, 0.2) is 11.6 Å². The highest BCUT2D eigenvalue weighted by Gasteiger charge is 2.08. The Kier molecular flexibility index (Phi) is 7.74. The number of nitrogens with one attached hydrogen (secondary N) is 1. The molecule has 0 aliphatic rings. The van der Waals surface area contributed by atoms with E-state index in [1.165, 1.54) is 12.1 Å². The lowest BCUT2D eigenvalue weighted by molar-refractivity contribution is 0.435. The first kappa shape index (κ1) is 18.3. The van der Waals surface area contributed by atoms with Crippen molar-refractivity contribution in [1.82, 2.24) is 0 Å². The molecule has 2 aromatic carbocycles. The van der Waals surface area contributed by atoms with Gasteiger partial charge in [-0.05, 0) is 42.8 Å². The van der Waals surface area contributed by atoms with Crippen molar-refractivity contribution in [2.45, 2.75) is 27.7 Å². The summed E-state index contributed by atoms with van der Waals surface area (Å²) in [5, 5.41) is 0. The largest absolute Gasteiger partial charge is 0.454 e. The van der Waals surface area contributed by atoms with Crippen molar-refractivity contribution < 1.29 is 13.5 Å². The molecule has 2 nitrogen and oxygen atoms in total. The maximum Gasteiger partial charge on any atom is 0.168 e. The topological polar surface area (TPSA) is 21.3 Å². The molecule has 1 N–H and O–H groups in total. The van der Waals surface area contributed by atoms with E-state index in [9.17, 15) is 8.78 Å². The Morgan fingerprint density at radius 3 is 2.32 bits per heavy atom. The van der Waals surface area contributed by atoms with Crippen molar-refractivity contribution in [2.75, 3.05) is 10.5 Å². The van der Waals surface area contributed by atoms with Gasteiger partial charge < -0.3 is 9.46 Å². The summed E-state index contributed by atoms with van der Waals surface area (Å²) in [7, 11) is 0. The smallest absolute Gasteiger partial charge is 0.168 e. The average molecular weight is 325 g/mol. The third-order valence-corrected chi connectivity index (χ3v) is 3.29. The maximum absolute atomic E-state index is 13.5. The van der Waals surface area contributed by atoms with Gasteiger partial charge in [0, 0.05) is 17.5 Å². The highest BCUT2D eigenvalue weighted by atomic mass is 32.2. The van der Waals surface area contributed by atoms with Crippen molar-refractivity contribution in [3.05, 3.63) is 53.6 Å². The number of benzene rings is 2. The van der Waals surface area contributed by atoms with Crippen LogP contribution in [0.3, 0.4) is 0 Å². The molecule has 0 aliphatic heterocycles. The normalized spacial score (nSPS) is 9.73. The van der Waals surface area contributed by atoms with Gasteiger partial charge in [-0.1, -0.05) is 32.7 Å². The lowest BCUT2D eigenvalue weighted by Crippen LogP contribution is -1.93. The van der Waals surface area contributed by atoms with Gasteiger partial charge >= 0.3 is 0 Å². The van der Waals surface area contributed by atoms with Gasteiger partial charge in [-0.3, -0.25) is 0 Å². The van der Waals surface area contributed by atoms with Gasteiger partial charge in [-0.15, -0.1) is 0 Å². The van der Waals surface area contributed by atoms with Crippen LogP contribution >= 0.6 is 11.9 Å². The number of anilines is 1. The second kappa shape index (κ2) is 9.30. The zero-order valence-electron chi connectivity index (χ0n) is 13.2. The van der Waals surface area contributed by atoms with Crippen LogP contribution in [0.15, 0.2) is 36.4 Å². The monoisotopic (exact) mass is 325 g/mol. The van der Waals surface area contributed by atoms with Gasteiger partial charge in [0.05, 0.1) is 0 Å². The van der Waals surface area contributed by atoms with E-state index in [1.807, 2.05) is 32.9 Å². The van der Waals surface area contributed by atoms with Crippen molar-refractivity contribution in [1.29, 1.82) is 0 Å². The Morgan fingerprint density at radius 2 is 1.73 bits per heavy atom. The van der Waals surface area contributed by atoms with Crippen LogP contribution in [0, 0.1) is 18.6 Å². The molecule has 0 atom stereocenters. The number of rotatable bonds is 5. The molecule has 120 valence electrons. The number of ether oxygens (including phenoxy) is 1. The summed E-state index contributed by atoms with van der Waals surface area (Å²) < 4.78 is 35.0. The fourth-order valence-corrected chi connectivity index (χ4v) is 2.10. The SMILES string of the molecule is CC.CCSNc1ccc(Oc2ccc(F)cc2F)c(C)c1. The molecular formula is C17H21F2NOS. The Bertz CT molecular complexity index is 605. The summed E-state index contributed by atoms with van der Waals surface area (Å²) in [4.78, 5) is 0. The van der Waals surface area contributed by atoms with Gasteiger partial charge in [-0.25, -0.2) is 8.78 Å². The Labute approximate surface area is 135 Å². The van der Waals surface area contributed by atoms with E-state index in [0.29, 0.717) is 5.75 Å². The van der Waals surface area contributed by atoms with Crippen LogP contribution in [0.25, 0.3) is 0 Å². The van der Waals surface area contributed by atoms with Gasteiger partial charge in [0.25, 0.3) is 0 Å². The van der Waals surface area contributed by atoms with E-state index in [1.54, 1.807) is 18.0 Å². The summed E-state index contributed by atoms with van der Waals surface area (Å²) >= 11 is 1.59. The minimum Gasteiger partial charge on any atom is -0.454 e. The summed E-state index contributed by atoms with van der Waals surface area (Å²) in [6, 6.07) is 8.78. The van der Waals surface area contributed by atoms with Crippen LogP contribution < -0.4 is 9.46 Å². The average Bonchev–Trinajstić information content (AvgIpc) is 2.52. The van der Waals surface area contributed by atoms with E-state index in [2.05, 4.69) is 11.6 Å². The molecule has 0 radical (unpaired) electrons. The van der Waals surface area contributed by atoms with Crippen LogP contribution in [0.4, 0.5) is 14.5 Å². The molecule has 0 bridgehead atoms. The second-order valence-electron chi connectivity index (χ2n) is 4.19. The molecule has 0 saturated heterocycles. The standard InChI is InChI=1S/C15H15F2NOS.C2H6/c1-3-20-18-12-5-7-14(10(2)8-12)19-15-6-4-11(16)9-13(15)17;1-2/h4-9,18H,3H2,1-2H3;1-2H3. The van der Waals surface area contributed by atoms with Crippen molar-refractivity contribution >= 4 is 17.6 Å². The van der Waals surface area contributed by atoms with Crippen LogP contribution in [-0.4, -0.2) is 5.75 Å². The Balaban J connectivity index is 0.00000116. The first-order valence-electron chi connectivity index (χ1n) is 7.21. The molecule has 5 heteroatoms. The lowest BCUT2D eigenvalue weighted by atomic mass is 10.2. The molecule has 0 amide bonds. The minimum atomic E-state index is -0.715. The highest BCUT2D eigenvalue weighted by Crippen LogP contribution is 2.29. The molecule has 2 aromatic rings. The van der Waals surface area contributed by atoms with Crippen molar-refractivity contribution in [3.8, 4) is 11.5 Å². The van der Waals surface area contributed by atoms with Crippen LogP contribution in [-0.2, 0) is 0 Å². The molecule has 2 rings (SSSR count). The number of halogens is 2. The van der Waals surface area contributed by atoms with E-state index in [4.69, 9.17) is 4.74 Å². The third kappa shape index (κ3) is 5.22. The van der Waals surface area contributed by atoms with Gasteiger partial charge in [0.2, 0.25) is 0 Å². The quantitative estimate of drug-likeness (QED) is 0.664. The van der Waals surface area contributed by atoms with E-state index in [-0.39, 0.29) is 5.75 Å². The first-order valence-corrected chi connectivity index (χ1v) is 8.20. The van der Waals surface area contributed by atoms with Crippen LogP contribution in [0.1, 0.15) is 26.3 Å². The zero-order valence-corrected chi connectivity index (χ0v) is 14.1. The van der Waals surface area contributed by atoms with Crippen LogP contribution in [0.5, 0.6) is 11.5 Å². The minimum absolute atomic E-state index is 0.0122. The predicted molar refractivity (Wildman–Crippen MR) is 90.7 cm³/mol. The fourth-order valence-electron chi connectivity index (χ4n) is 1.66.